The summed E-state index contributed by atoms with van der Waals surface area (Å²) < 4.78 is 5.12. The Bertz CT molecular complexity index is 480. The second kappa shape index (κ2) is 5.34. The van der Waals surface area contributed by atoms with E-state index in [1.165, 1.54) is 5.56 Å². The van der Waals surface area contributed by atoms with E-state index in [1.807, 2.05) is 37.3 Å². The molecule has 2 rings (SSSR count). The Morgan fingerprint density at radius 2 is 1.88 bits per heavy atom. The smallest absolute Gasteiger partial charge is 0.272 e. The molecule has 2 aromatic rings. The normalized spacial score (nSPS) is 10.0. The Hall–Kier alpha value is -2.03. The summed E-state index contributed by atoms with van der Waals surface area (Å²) in [7, 11) is 1.68. The van der Waals surface area contributed by atoms with E-state index in [0.29, 0.717) is 0 Å². The number of aromatic amines is 1. The van der Waals surface area contributed by atoms with Gasteiger partial charge in [-0.05, 0) is 30.7 Å². The summed E-state index contributed by atoms with van der Waals surface area (Å²) in [5, 5.41) is 3.34. The number of aryl methyl sites for hydroxylation is 1. The third-order valence-electron chi connectivity index (χ3n) is 2.58. The minimum atomic E-state index is 0.796. The van der Waals surface area contributed by atoms with E-state index < -0.39 is 0 Å². The summed E-state index contributed by atoms with van der Waals surface area (Å²) >= 11 is 0. The summed E-state index contributed by atoms with van der Waals surface area (Å²) in [6.07, 6.45) is 0. The number of aromatic nitrogens is 1. The van der Waals surface area contributed by atoms with Crippen LogP contribution in [0.5, 0.6) is 5.75 Å². The summed E-state index contributed by atoms with van der Waals surface area (Å²) in [5.74, 6) is 1.91. The lowest BCUT2D eigenvalue weighted by atomic mass is 10.2. The van der Waals surface area contributed by atoms with Crippen molar-refractivity contribution in [2.75, 3.05) is 12.4 Å². The zero-order chi connectivity index (χ0) is 12.1. The maximum absolute atomic E-state index is 5.12. The van der Waals surface area contributed by atoms with Gasteiger partial charge < -0.3 is 4.74 Å². The predicted octanol–water partition coefficient (Wildman–Crippen LogP) is 2.43. The minimum absolute atomic E-state index is 0.796. The van der Waals surface area contributed by atoms with Gasteiger partial charge in [0, 0.05) is 6.07 Å². The molecule has 0 bridgehead atoms. The fourth-order valence-corrected chi connectivity index (χ4v) is 1.63. The highest BCUT2D eigenvalue weighted by atomic mass is 16.5. The molecule has 1 aromatic carbocycles. The molecule has 0 aliphatic carbocycles. The third-order valence-corrected chi connectivity index (χ3v) is 2.58. The van der Waals surface area contributed by atoms with E-state index in [0.717, 1.165) is 23.8 Å². The van der Waals surface area contributed by atoms with Gasteiger partial charge in [0.2, 0.25) is 0 Å². The molecule has 0 atom stereocenters. The molecule has 17 heavy (non-hydrogen) atoms. The van der Waals surface area contributed by atoms with Crippen LogP contribution in [-0.4, -0.2) is 7.11 Å². The van der Waals surface area contributed by atoms with Crippen molar-refractivity contribution in [1.82, 2.24) is 0 Å². The molecule has 0 unspecified atom stereocenters. The van der Waals surface area contributed by atoms with Crippen molar-refractivity contribution in [3.8, 4) is 5.75 Å². The Balaban J connectivity index is 1.97. The van der Waals surface area contributed by atoms with Crippen LogP contribution in [0.3, 0.4) is 0 Å². The highest BCUT2D eigenvalue weighted by Gasteiger charge is 2.01. The molecule has 0 saturated carbocycles. The average Bonchev–Trinajstić information content (AvgIpc) is 2.37. The number of hydrogen-bond donors (Lipinski definition) is 1. The number of benzene rings is 1. The molecule has 0 aliphatic rings. The largest absolute Gasteiger partial charge is 0.497 e. The lowest BCUT2D eigenvalue weighted by Gasteiger charge is -2.02. The molecule has 1 aromatic heterocycles. The monoisotopic (exact) mass is 229 g/mol. The average molecular weight is 229 g/mol. The molecule has 1 heterocycles. The molecular weight excluding hydrogens is 212 g/mol. The van der Waals surface area contributed by atoms with Crippen LogP contribution in [0.1, 0.15) is 11.3 Å². The van der Waals surface area contributed by atoms with Crippen LogP contribution in [0.15, 0.2) is 42.5 Å². The van der Waals surface area contributed by atoms with Crippen LogP contribution >= 0.6 is 0 Å². The van der Waals surface area contributed by atoms with Crippen molar-refractivity contribution in [3.05, 3.63) is 53.7 Å². The summed E-state index contributed by atoms with van der Waals surface area (Å²) in [4.78, 5) is 3.26. The maximum atomic E-state index is 5.12. The van der Waals surface area contributed by atoms with E-state index in [2.05, 4.69) is 22.4 Å². The van der Waals surface area contributed by atoms with E-state index in [4.69, 9.17) is 4.74 Å². The van der Waals surface area contributed by atoms with Crippen molar-refractivity contribution in [2.24, 2.45) is 0 Å². The van der Waals surface area contributed by atoms with E-state index in [1.54, 1.807) is 7.11 Å². The van der Waals surface area contributed by atoms with Gasteiger partial charge >= 0.3 is 0 Å². The first kappa shape index (κ1) is 11.5. The lowest BCUT2D eigenvalue weighted by molar-refractivity contribution is -0.371. The van der Waals surface area contributed by atoms with Crippen molar-refractivity contribution >= 4 is 5.82 Å². The molecule has 0 saturated heterocycles. The standard InChI is InChI=1S/C14H16N2O/c1-11-4-3-5-14(16-11)15-10-12-6-8-13(17-2)9-7-12/h3-9H,10H2,1-2H3,(H,15,16)/p+1. The summed E-state index contributed by atoms with van der Waals surface area (Å²) in [5.41, 5.74) is 2.37. The number of ether oxygens (including phenoxy) is 1. The predicted molar refractivity (Wildman–Crippen MR) is 68.1 cm³/mol. The van der Waals surface area contributed by atoms with Gasteiger partial charge in [-0.15, -0.1) is 0 Å². The SMILES string of the molecule is COc1ccc(CNc2cccc(C)[nH+]2)cc1. The molecule has 88 valence electrons. The van der Waals surface area contributed by atoms with Gasteiger partial charge in [-0.25, -0.2) is 4.98 Å². The van der Waals surface area contributed by atoms with Gasteiger partial charge in [0.1, 0.15) is 12.3 Å². The highest BCUT2D eigenvalue weighted by molar-refractivity contribution is 5.32. The van der Waals surface area contributed by atoms with Crippen LogP contribution in [0.2, 0.25) is 0 Å². The van der Waals surface area contributed by atoms with E-state index in [-0.39, 0.29) is 0 Å². The van der Waals surface area contributed by atoms with Crippen molar-refractivity contribution < 1.29 is 9.72 Å². The Morgan fingerprint density at radius 1 is 1.12 bits per heavy atom. The molecule has 3 heteroatoms. The zero-order valence-corrected chi connectivity index (χ0v) is 10.2. The van der Waals surface area contributed by atoms with E-state index in [9.17, 15) is 0 Å². The number of nitrogens with one attached hydrogen (secondary N) is 2. The van der Waals surface area contributed by atoms with Crippen molar-refractivity contribution in [2.45, 2.75) is 13.5 Å². The fraction of sp³-hybridized carbons (Fsp3) is 0.214. The first-order chi connectivity index (χ1) is 8.28. The first-order valence-electron chi connectivity index (χ1n) is 5.63. The van der Waals surface area contributed by atoms with Crippen molar-refractivity contribution in [3.63, 3.8) is 0 Å². The quantitative estimate of drug-likeness (QED) is 0.874. The summed E-state index contributed by atoms with van der Waals surface area (Å²) in [6, 6.07) is 14.1. The van der Waals surface area contributed by atoms with Crippen LogP contribution in [0, 0.1) is 6.92 Å². The number of hydrogen-bond acceptors (Lipinski definition) is 2. The molecule has 0 fully saturated rings. The van der Waals surface area contributed by atoms with Gasteiger partial charge in [-0.1, -0.05) is 18.2 Å². The van der Waals surface area contributed by atoms with Gasteiger partial charge in [0.05, 0.1) is 12.8 Å². The van der Waals surface area contributed by atoms with Gasteiger partial charge in [-0.2, -0.15) is 0 Å². The van der Waals surface area contributed by atoms with Crippen LogP contribution in [0.4, 0.5) is 5.82 Å². The number of rotatable bonds is 4. The van der Waals surface area contributed by atoms with Gasteiger partial charge in [-0.3, -0.25) is 5.32 Å². The molecular formula is C14H17N2O+. The Morgan fingerprint density at radius 3 is 2.53 bits per heavy atom. The van der Waals surface area contributed by atoms with E-state index >= 15 is 0 Å². The third kappa shape index (κ3) is 3.21. The van der Waals surface area contributed by atoms with Crippen LogP contribution in [-0.2, 0) is 6.54 Å². The van der Waals surface area contributed by atoms with Crippen LogP contribution < -0.4 is 15.0 Å². The summed E-state index contributed by atoms with van der Waals surface area (Å²) in [6.45, 7) is 2.84. The molecule has 0 radical (unpaired) electrons. The first-order valence-corrected chi connectivity index (χ1v) is 5.63. The van der Waals surface area contributed by atoms with Gasteiger partial charge in [0.15, 0.2) is 0 Å². The maximum Gasteiger partial charge on any atom is 0.272 e. The number of methoxy groups -OCH3 is 1. The molecule has 0 spiro atoms. The number of H-pyrrole nitrogens is 1. The highest BCUT2D eigenvalue weighted by Crippen LogP contribution is 2.12. The molecule has 2 N–H and O–H groups in total. The molecule has 3 nitrogen and oxygen atoms in total. The zero-order valence-electron chi connectivity index (χ0n) is 10.2. The van der Waals surface area contributed by atoms with Gasteiger partial charge in [0.25, 0.3) is 5.82 Å². The van der Waals surface area contributed by atoms with Crippen molar-refractivity contribution in [1.29, 1.82) is 0 Å². The second-order valence-corrected chi connectivity index (χ2v) is 3.95. The second-order valence-electron chi connectivity index (χ2n) is 3.95. The number of anilines is 1. The lowest BCUT2D eigenvalue weighted by Crippen LogP contribution is -2.15. The fourth-order valence-electron chi connectivity index (χ4n) is 1.63. The molecule has 0 aliphatic heterocycles. The minimum Gasteiger partial charge on any atom is -0.497 e. The Labute approximate surface area is 101 Å². The topological polar surface area (TPSA) is 35.4 Å². The van der Waals surface area contributed by atoms with Crippen LogP contribution in [0.25, 0.3) is 0 Å². The molecule has 0 amide bonds. The number of pyridine rings is 1. The Kier molecular flexibility index (Phi) is 3.60.